The predicted octanol–water partition coefficient (Wildman–Crippen LogP) is 0.624. The van der Waals surface area contributed by atoms with Crippen LogP contribution in [0.1, 0.15) is 5.56 Å². The first-order chi connectivity index (χ1) is 8.62. The molecule has 0 fully saturated rings. The highest BCUT2D eigenvalue weighted by atomic mass is 32.2. The number of sulfone groups is 1. The summed E-state index contributed by atoms with van der Waals surface area (Å²) < 4.78 is 25.5. The van der Waals surface area contributed by atoms with Crippen molar-refractivity contribution < 1.29 is 8.42 Å². The van der Waals surface area contributed by atoms with Gasteiger partial charge in [-0.05, 0) is 18.2 Å². The van der Waals surface area contributed by atoms with E-state index in [1.165, 1.54) is 29.5 Å². The fourth-order valence-corrected chi connectivity index (χ4v) is 2.69. The molecule has 0 aliphatic carbocycles. The molecule has 7 heteroatoms. The van der Waals surface area contributed by atoms with Crippen molar-refractivity contribution in [2.24, 2.45) is 0 Å². The van der Waals surface area contributed by atoms with Crippen molar-refractivity contribution in [1.82, 2.24) is 14.8 Å². The molecule has 6 nitrogen and oxygen atoms in total. The average molecular weight is 262 g/mol. The molecule has 0 spiro atoms. The van der Waals surface area contributed by atoms with Gasteiger partial charge in [-0.2, -0.15) is 10.4 Å². The standard InChI is InChI=1S/C11H10N4O2S/c12-7-10-2-1-3-11(6-10)18(16,17)5-4-15-9-13-8-14-15/h1-3,6,8-9H,4-5H2. The first kappa shape index (κ1) is 12.3. The molecule has 0 aliphatic rings. The molecule has 0 saturated heterocycles. The fraction of sp³-hybridized carbons (Fsp3) is 0.182. The molecule has 1 aromatic heterocycles. The highest BCUT2D eigenvalue weighted by molar-refractivity contribution is 7.91. The van der Waals surface area contributed by atoms with Crippen molar-refractivity contribution in [2.45, 2.75) is 11.4 Å². The second-order valence-corrected chi connectivity index (χ2v) is 5.73. The van der Waals surface area contributed by atoms with E-state index < -0.39 is 9.84 Å². The second-order valence-electron chi connectivity index (χ2n) is 3.62. The maximum Gasteiger partial charge on any atom is 0.180 e. The molecule has 0 amide bonds. The molecule has 0 unspecified atom stereocenters. The normalized spacial score (nSPS) is 11.1. The Hall–Kier alpha value is -2.20. The van der Waals surface area contributed by atoms with Gasteiger partial charge in [-0.3, -0.25) is 4.68 Å². The molecule has 2 rings (SSSR count). The fourth-order valence-electron chi connectivity index (χ4n) is 1.44. The van der Waals surface area contributed by atoms with Crippen LogP contribution in [0.2, 0.25) is 0 Å². The van der Waals surface area contributed by atoms with Crippen molar-refractivity contribution in [2.75, 3.05) is 5.75 Å². The third-order valence-electron chi connectivity index (χ3n) is 2.38. The van der Waals surface area contributed by atoms with Gasteiger partial charge in [0.15, 0.2) is 9.84 Å². The number of aromatic nitrogens is 3. The molecule has 1 aromatic carbocycles. The van der Waals surface area contributed by atoms with Gasteiger partial charge in [0.2, 0.25) is 0 Å². The molecule has 0 bridgehead atoms. The smallest absolute Gasteiger partial charge is 0.180 e. The first-order valence-electron chi connectivity index (χ1n) is 5.17. The summed E-state index contributed by atoms with van der Waals surface area (Å²) in [4.78, 5) is 3.89. The summed E-state index contributed by atoms with van der Waals surface area (Å²) in [5.74, 6) is -0.0781. The lowest BCUT2D eigenvalue weighted by atomic mass is 10.2. The van der Waals surface area contributed by atoms with Gasteiger partial charge < -0.3 is 0 Å². The third-order valence-corrected chi connectivity index (χ3v) is 4.07. The van der Waals surface area contributed by atoms with Crippen LogP contribution in [-0.2, 0) is 16.4 Å². The average Bonchev–Trinajstić information content (AvgIpc) is 2.90. The Bertz CT molecular complexity index is 671. The largest absolute Gasteiger partial charge is 0.252 e. The lowest BCUT2D eigenvalue weighted by Crippen LogP contribution is -2.13. The van der Waals surface area contributed by atoms with E-state index in [4.69, 9.17) is 5.26 Å². The zero-order valence-corrected chi connectivity index (χ0v) is 10.2. The van der Waals surface area contributed by atoms with Gasteiger partial charge in [0.25, 0.3) is 0 Å². The molecular weight excluding hydrogens is 252 g/mol. The van der Waals surface area contributed by atoms with E-state index in [1.807, 2.05) is 6.07 Å². The van der Waals surface area contributed by atoms with E-state index in [1.54, 1.807) is 12.1 Å². The van der Waals surface area contributed by atoms with Gasteiger partial charge >= 0.3 is 0 Å². The molecular formula is C11H10N4O2S. The zero-order valence-electron chi connectivity index (χ0n) is 9.39. The Balaban J connectivity index is 2.18. The minimum atomic E-state index is -3.41. The van der Waals surface area contributed by atoms with Crippen molar-refractivity contribution in [1.29, 1.82) is 5.26 Å². The number of nitrogens with zero attached hydrogens (tertiary/aromatic N) is 4. The minimum Gasteiger partial charge on any atom is -0.252 e. The molecule has 0 radical (unpaired) electrons. The Morgan fingerprint density at radius 1 is 1.39 bits per heavy atom. The number of benzene rings is 1. The van der Waals surface area contributed by atoms with E-state index in [2.05, 4.69) is 10.1 Å². The SMILES string of the molecule is N#Cc1cccc(S(=O)(=O)CCn2cncn2)c1. The Morgan fingerprint density at radius 2 is 2.22 bits per heavy atom. The Morgan fingerprint density at radius 3 is 2.89 bits per heavy atom. The highest BCUT2D eigenvalue weighted by Crippen LogP contribution is 2.13. The third kappa shape index (κ3) is 2.73. The monoisotopic (exact) mass is 262 g/mol. The van der Waals surface area contributed by atoms with Crippen LogP contribution in [0.15, 0.2) is 41.8 Å². The van der Waals surface area contributed by atoms with Crippen LogP contribution in [0.25, 0.3) is 0 Å². The van der Waals surface area contributed by atoms with E-state index in [0.717, 1.165) is 0 Å². The molecule has 0 N–H and O–H groups in total. The number of aryl methyl sites for hydroxylation is 1. The number of nitriles is 1. The van der Waals surface area contributed by atoms with Gasteiger partial charge in [0, 0.05) is 0 Å². The molecule has 0 aliphatic heterocycles. The second kappa shape index (κ2) is 4.98. The van der Waals surface area contributed by atoms with Crippen LogP contribution in [0.5, 0.6) is 0 Å². The minimum absolute atomic E-state index is 0.0781. The van der Waals surface area contributed by atoms with Crippen LogP contribution in [0.4, 0.5) is 0 Å². The topological polar surface area (TPSA) is 88.6 Å². The van der Waals surface area contributed by atoms with Gasteiger partial charge in [-0.15, -0.1) is 0 Å². The molecule has 92 valence electrons. The van der Waals surface area contributed by atoms with Crippen LogP contribution < -0.4 is 0 Å². The van der Waals surface area contributed by atoms with Crippen molar-refractivity contribution in [3.05, 3.63) is 42.5 Å². The van der Waals surface area contributed by atoms with Crippen molar-refractivity contribution >= 4 is 9.84 Å². The number of rotatable bonds is 4. The van der Waals surface area contributed by atoms with Gasteiger partial charge in [-0.25, -0.2) is 13.4 Å². The predicted molar refractivity (Wildman–Crippen MR) is 63.2 cm³/mol. The van der Waals surface area contributed by atoms with E-state index in [9.17, 15) is 8.42 Å². The van der Waals surface area contributed by atoms with Crippen LogP contribution >= 0.6 is 0 Å². The summed E-state index contributed by atoms with van der Waals surface area (Å²) in [5.41, 5.74) is 0.330. The molecule has 0 atom stereocenters. The van der Waals surface area contributed by atoms with Crippen LogP contribution in [0.3, 0.4) is 0 Å². The number of hydrogen-bond donors (Lipinski definition) is 0. The Kier molecular flexibility index (Phi) is 3.39. The summed E-state index contributed by atoms with van der Waals surface area (Å²) in [5, 5.41) is 12.6. The van der Waals surface area contributed by atoms with E-state index in [0.29, 0.717) is 5.56 Å². The summed E-state index contributed by atoms with van der Waals surface area (Å²) in [6.07, 6.45) is 2.81. The molecule has 1 heterocycles. The maximum absolute atomic E-state index is 12.0. The summed E-state index contributed by atoms with van der Waals surface area (Å²) in [6.45, 7) is 0.235. The highest BCUT2D eigenvalue weighted by Gasteiger charge is 2.15. The quantitative estimate of drug-likeness (QED) is 0.806. The first-order valence-corrected chi connectivity index (χ1v) is 6.82. The molecule has 0 saturated carbocycles. The van der Waals surface area contributed by atoms with Crippen LogP contribution in [0, 0.1) is 11.3 Å². The summed E-state index contributed by atoms with van der Waals surface area (Å²) in [7, 11) is -3.41. The molecule has 2 aromatic rings. The van der Waals surface area contributed by atoms with Gasteiger partial charge in [0.1, 0.15) is 12.7 Å². The van der Waals surface area contributed by atoms with Crippen molar-refractivity contribution in [3.63, 3.8) is 0 Å². The maximum atomic E-state index is 12.0. The lowest BCUT2D eigenvalue weighted by Gasteiger charge is -2.04. The van der Waals surface area contributed by atoms with Gasteiger partial charge in [-0.1, -0.05) is 6.07 Å². The lowest BCUT2D eigenvalue weighted by molar-refractivity contribution is 0.580. The summed E-state index contributed by atoms with van der Waals surface area (Å²) in [6, 6.07) is 7.89. The van der Waals surface area contributed by atoms with Crippen molar-refractivity contribution in [3.8, 4) is 6.07 Å². The molecule has 18 heavy (non-hydrogen) atoms. The Labute approximate surface area is 104 Å². The number of hydrogen-bond acceptors (Lipinski definition) is 5. The van der Waals surface area contributed by atoms with E-state index >= 15 is 0 Å². The van der Waals surface area contributed by atoms with E-state index in [-0.39, 0.29) is 17.2 Å². The van der Waals surface area contributed by atoms with Gasteiger partial charge in [0.05, 0.1) is 28.8 Å². The summed E-state index contributed by atoms with van der Waals surface area (Å²) >= 11 is 0. The zero-order chi connectivity index (χ0) is 13.0. The van der Waals surface area contributed by atoms with Crippen LogP contribution in [-0.4, -0.2) is 28.9 Å².